The highest BCUT2D eigenvalue weighted by molar-refractivity contribution is 7.10. The van der Waals surface area contributed by atoms with Crippen molar-refractivity contribution in [2.75, 3.05) is 26.9 Å². The number of rotatable bonds is 5. The number of methoxy groups -OCH3 is 1. The van der Waals surface area contributed by atoms with Gasteiger partial charge in [-0.25, -0.2) is 0 Å². The van der Waals surface area contributed by atoms with Crippen LogP contribution >= 0.6 is 11.3 Å². The SMILES string of the molecule is CCNC(c1ccc2c(c1)OCCO2)c1sccc1OC. The summed E-state index contributed by atoms with van der Waals surface area (Å²) >= 11 is 1.69. The van der Waals surface area contributed by atoms with Crippen molar-refractivity contribution in [3.05, 3.63) is 40.1 Å². The lowest BCUT2D eigenvalue weighted by atomic mass is 10.0. The summed E-state index contributed by atoms with van der Waals surface area (Å²) in [5.41, 5.74) is 1.15. The van der Waals surface area contributed by atoms with Crippen molar-refractivity contribution in [1.29, 1.82) is 0 Å². The number of hydrogen-bond acceptors (Lipinski definition) is 5. The largest absolute Gasteiger partial charge is 0.496 e. The molecule has 5 heteroatoms. The highest BCUT2D eigenvalue weighted by Crippen LogP contribution is 2.38. The molecule has 1 aliphatic heterocycles. The van der Waals surface area contributed by atoms with Crippen molar-refractivity contribution < 1.29 is 14.2 Å². The molecule has 0 spiro atoms. The van der Waals surface area contributed by atoms with Gasteiger partial charge in [-0.05, 0) is 35.7 Å². The van der Waals surface area contributed by atoms with Gasteiger partial charge in [0, 0.05) is 0 Å². The van der Waals surface area contributed by atoms with E-state index < -0.39 is 0 Å². The van der Waals surface area contributed by atoms with Crippen LogP contribution in [0.1, 0.15) is 23.4 Å². The Labute approximate surface area is 128 Å². The van der Waals surface area contributed by atoms with E-state index in [4.69, 9.17) is 14.2 Å². The molecule has 1 N–H and O–H groups in total. The second kappa shape index (κ2) is 6.37. The second-order valence-corrected chi connectivity index (χ2v) is 5.69. The molecule has 4 nitrogen and oxygen atoms in total. The standard InChI is InChI=1S/C16H19NO3S/c1-3-17-15(16-13(18-2)6-9-21-16)11-4-5-12-14(10-11)20-8-7-19-12/h4-6,9-10,15,17H,3,7-8H2,1-2H3. The normalized spacial score (nSPS) is 14.8. The van der Waals surface area contributed by atoms with E-state index in [1.165, 1.54) is 4.88 Å². The number of fused-ring (bicyclic) bond motifs is 1. The quantitative estimate of drug-likeness (QED) is 0.920. The van der Waals surface area contributed by atoms with Crippen LogP contribution in [-0.2, 0) is 0 Å². The number of thiophene rings is 1. The van der Waals surface area contributed by atoms with E-state index in [9.17, 15) is 0 Å². The highest BCUT2D eigenvalue weighted by atomic mass is 32.1. The van der Waals surface area contributed by atoms with E-state index in [0.29, 0.717) is 13.2 Å². The maximum atomic E-state index is 5.69. The van der Waals surface area contributed by atoms with Gasteiger partial charge in [-0.15, -0.1) is 11.3 Å². The van der Waals surface area contributed by atoms with Crippen LogP contribution < -0.4 is 19.5 Å². The van der Waals surface area contributed by atoms with Crippen LogP contribution in [0.2, 0.25) is 0 Å². The van der Waals surface area contributed by atoms with E-state index in [1.807, 2.05) is 12.1 Å². The van der Waals surface area contributed by atoms with Gasteiger partial charge in [-0.3, -0.25) is 0 Å². The Kier molecular flexibility index (Phi) is 4.31. The van der Waals surface area contributed by atoms with E-state index in [2.05, 4.69) is 29.8 Å². The third kappa shape index (κ3) is 2.84. The van der Waals surface area contributed by atoms with Crippen LogP contribution in [0, 0.1) is 0 Å². The maximum Gasteiger partial charge on any atom is 0.161 e. The molecule has 1 aromatic heterocycles. The first-order chi connectivity index (χ1) is 10.3. The summed E-state index contributed by atoms with van der Waals surface area (Å²) in [6.45, 7) is 4.19. The summed E-state index contributed by atoms with van der Waals surface area (Å²) in [6, 6.07) is 8.22. The van der Waals surface area contributed by atoms with Gasteiger partial charge in [-0.1, -0.05) is 13.0 Å². The zero-order valence-corrected chi connectivity index (χ0v) is 13.0. The average molecular weight is 305 g/mol. The molecule has 21 heavy (non-hydrogen) atoms. The third-order valence-electron chi connectivity index (χ3n) is 3.45. The Morgan fingerprint density at radius 1 is 1.24 bits per heavy atom. The molecule has 1 atom stereocenters. The second-order valence-electron chi connectivity index (χ2n) is 4.75. The highest BCUT2D eigenvalue weighted by Gasteiger charge is 2.21. The van der Waals surface area contributed by atoms with Crippen LogP contribution in [0.15, 0.2) is 29.6 Å². The molecule has 1 unspecified atom stereocenters. The molecule has 0 bridgehead atoms. The Morgan fingerprint density at radius 2 is 2.05 bits per heavy atom. The van der Waals surface area contributed by atoms with Gasteiger partial charge >= 0.3 is 0 Å². The molecule has 0 amide bonds. The molecule has 0 saturated heterocycles. The lowest BCUT2D eigenvalue weighted by molar-refractivity contribution is 0.171. The van der Waals surface area contributed by atoms with Crippen LogP contribution in [-0.4, -0.2) is 26.9 Å². The van der Waals surface area contributed by atoms with Crippen LogP contribution in [0.25, 0.3) is 0 Å². The van der Waals surface area contributed by atoms with Gasteiger partial charge in [0.1, 0.15) is 19.0 Å². The van der Waals surface area contributed by atoms with Crippen molar-refractivity contribution in [3.63, 3.8) is 0 Å². The van der Waals surface area contributed by atoms with Gasteiger partial charge in [0.25, 0.3) is 0 Å². The summed E-state index contributed by atoms with van der Waals surface area (Å²) in [6.07, 6.45) is 0. The summed E-state index contributed by atoms with van der Waals surface area (Å²) in [4.78, 5) is 1.18. The monoisotopic (exact) mass is 305 g/mol. The Bertz CT molecular complexity index is 611. The fraction of sp³-hybridized carbons (Fsp3) is 0.375. The fourth-order valence-corrected chi connectivity index (χ4v) is 3.46. The van der Waals surface area contributed by atoms with Gasteiger partial charge in [0.05, 0.1) is 18.0 Å². The first kappa shape index (κ1) is 14.2. The van der Waals surface area contributed by atoms with Crippen molar-refractivity contribution in [2.45, 2.75) is 13.0 Å². The van der Waals surface area contributed by atoms with Crippen LogP contribution in [0.4, 0.5) is 0 Å². The number of hydrogen-bond donors (Lipinski definition) is 1. The maximum absolute atomic E-state index is 5.69. The molecule has 0 radical (unpaired) electrons. The summed E-state index contributed by atoms with van der Waals surface area (Å²) in [7, 11) is 1.71. The van der Waals surface area contributed by atoms with Crippen molar-refractivity contribution in [2.24, 2.45) is 0 Å². The minimum Gasteiger partial charge on any atom is -0.496 e. The summed E-state index contributed by atoms with van der Waals surface area (Å²) in [5.74, 6) is 2.55. The van der Waals surface area contributed by atoms with Crippen LogP contribution in [0.5, 0.6) is 17.2 Å². The van der Waals surface area contributed by atoms with E-state index in [1.54, 1.807) is 18.4 Å². The lowest BCUT2D eigenvalue weighted by Crippen LogP contribution is -2.22. The average Bonchev–Trinajstić information content (AvgIpc) is 3.00. The molecule has 0 fully saturated rings. The Balaban J connectivity index is 1.97. The first-order valence-electron chi connectivity index (χ1n) is 7.07. The molecule has 1 aliphatic rings. The first-order valence-corrected chi connectivity index (χ1v) is 7.95. The zero-order chi connectivity index (χ0) is 14.7. The Morgan fingerprint density at radius 3 is 2.81 bits per heavy atom. The molecular formula is C16H19NO3S. The number of ether oxygens (including phenoxy) is 3. The van der Waals surface area contributed by atoms with Crippen molar-refractivity contribution >= 4 is 11.3 Å². The molecular weight excluding hydrogens is 286 g/mol. The fourth-order valence-electron chi connectivity index (χ4n) is 2.49. The molecule has 2 heterocycles. The molecule has 1 aromatic carbocycles. The molecule has 0 aliphatic carbocycles. The predicted molar refractivity (Wildman–Crippen MR) is 83.8 cm³/mol. The van der Waals surface area contributed by atoms with Gasteiger partial charge in [-0.2, -0.15) is 0 Å². The van der Waals surface area contributed by atoms with Gasteiger partial charge in [0.2, 0.25) is 0 Å². The molecule has 112 valence electrons. The van der Waals surface area contributed by atoms with E-state index in [-0.39, 0.29) is 6.04 Å². The van der Waals surface area contributed by atoms with Crippen molar-refractivity contribution in [1.82, 2.24) is 5.32 Å². The lowest BCUT2D eigenvalue weighted by Gasteiger charge is -2.22. The zero-order valence-electron chi connectivity index (χ0n) is 12.2. The Hall–Kier alpha value is -1.72. The molecule has 0 saturated carbocycles. The third-order valence-corrected chi connectivity index (χ3v) is 4.41. The minimum atomic E-state index is 0.0979. The van der Waals surface area contributed by atoms with Gasteiger partial charge < -0.3 is 19.5 Å². The van der Waals surface area contributed by atoms with Gasteiger partial charge in [0.15, 0.2) is 11.5 Å². The van der Waals surface area contributed by atoms with E-state index in [0.717, 1.165) is 29.4 Å². The van der Waals surface area contributed by atoms with E-state index >= 15 is 0 Å². The summed E-state index contributed by atoms with van der Waals surface area (Å²) < 4.78 is 16.7. The van der Waals surface area contributed by atoms with Crippen molar-refractivity contribution in [3.8, 4) is 17.2 Å². The smallest absolute Gasteiger partial charge is 0.161 e. The molecule has 3 rings (SSSR count). The summed E-state index contributed by atoms with van der Waals surface area (Å²) in [5, 5.41) is 5.57. The number of benzene rings is 1. The topological polar surface area (TPSA) is 39.7 Å². The minimum absolute atomic E-state index is 0.0979. The number of nitrogens with one attached hydrogen (secondary N) is 1. The predicted octanol–water partition coefficient (Wildman–Crippen LogP) is 3.23. The van der Waals surface area contributed by atoms with Crippen LogP contribution in [0.3, 0.4) is 0 Å². The molecule has 2 aromatic rings.